The molecule has 0 aromatic rings. The topological polar surface area (TPSA) is 107 Å². The maximum absolute atomic E-state index is 11.6. The van der Waals surface area contributed by atoms with E-state index in [0.29, 0.717) is 13.1 Å². The van der Waals surface area contributed by atoms with Crippen LogP contribution in [-0.2, 0) is 19.6 Å². The average molecular weight is 279 g/mol. The summed E-state index contributed by atoms with van der Waals surface area (Å²) in [6.45, 7) is 0.911. The van der Waals surface area contributed by atoms with Crippen molar-refractivity contribution in [3.63, 3.8) is 0 Å². The minimum absolute atomic E-state index is 0.0504. The number of hydrogen-bond acceptors (Lipinski definition) is 5. The Bertz CT molecular complexity index is 414. The third kappa shape index (κ3) is 4.59. The van der Waals surface area contributed by atoms with Gasteiger partial charge in [0, 0.05) is 26.2 Å². The third-order valence-corrected chi connectivity index (χ3v) is 3.92. The van der Waals surface area contributed by atoms with Gasteiger partial charge in [0.25, 0.3) is 0 Å². The van der Waals surface area contributed by atoms with E-state index in [1.54, 1.807) is 0 Å². The lowest BCUT2D eigenvalue weighted by atomic mass is 10.3. The normalized spacial score (nSPS) is 17.7. The molecule has 0 aromatic heterocycles. The summed E-state index contributed by atoms with van der Waals surface area (Å²) in [5.74, 6) is -1.24. The van der Waals surface area contributed by atoms with Crippen LogP contribution in [0.25, 0.3) is 0 Å². The number of nitrogens with zero attached hydrogens (tertiary/aromatic N) is 2. The Balaban J connectivity index is 2.34. The van der Waals surface area contributed by atoms with Gasteiger partial charge in [-0.2, -0.15) is 4.31 Å². The first-order chi connectivity index (χ1) is 8.30. The molecule has 0 saturated carbocycles. The van der Waals surface area contributed by atoms with Gasteiger partial charge in [0.05, 0.1) is 19.3 Å². The lowest BCUT2D eigenvalue weighted by molar-refractivity contribution is -0.136. The van der Waals surface area contributed by atoms with Crippen LogP contribution < -0.4 is 5.32 Å². The van der Waals surface area contributed by atoms with Gasteiger partial charge in [-0.1, -0.05) is 0 Å². The molecule has 1 aliphatic heterocycles. The fourth-order valence-electron chi connectivity index (χ4n) is 1.66. The van der Waals surface area contributed by atoms with E-state index < -0.39 is 16.0 Å². The van der Waals surface area contributed by atoms with Crippen molar-refractivity contribution in [2.24, 2.45) is 0 Å². The summed E-state index contributed by atoms with van der Waals surface area (Å²) >= 11 is 0. The molecule has 8 nitrogen and oxygen atoms in total. The Kier molecular flexibility index (Phi) is 5.05. The molecule has 0 spiro atoms. The number of hydrogen-bond donors (Lipinski definition) is 2. The molecule has 18 heavy (non-hydrogen) atoms. The second-order valence-corrected chi connectivity index (χ2v) is 6.02. The Hall–Kier alpha value is -1.19. The number of nitrogens with one attached hydrogen (secondary N) is 1. The minimum Gasteiger partial charge on any atom is -0.480 e. The highest BCUT2D eigenvalue weighted by Gasteiger charge is 2.25. The summed E-state index contributed by atoms with van der Waals surface area (Å²) in [6.07, 6.45) is 1.14. The maximum Gasteiger partial charge on any atom is 0.317 e. The molecule has 1 aliphatic rings. The van der Waals surface area contributed by atoms with Crippen molar-refractivity contribution in [1.29, 1.82) is 0 Å². The number of carbonyl (C=O) groups is 2. The Morgan fingerprint density at radius 2 is 1.72 bits per heavy atom. The molecule has 0 atom stereocenters. The number of carbonyl (C=O) groups excluding carboxylic acids is 1. The van der Waals surface area contributed by atoms with Crippen molar-refractivity contribution in [2.75, 3.05) is 45.5 Å². The molecule has 1 amide bonds. The number of carboxylic acids is 1. The molecular formula is C9H17N3O5S. The fraction of sp³-hybridized carbons (Fsp3) is 0.778. The number of amides is 1. The molecule has 0 unspecified atom stereocenters. The SMILES string of the molecule is CS(=O)(=O)N1CCN(C(=O)CNCC(=O)O)CC1. The molecule has 1 heterocycles. The first-order valence-corrected chi connectivity index (χ1v) is 7.31. The predicted octanol–water partition coefficient (Wildman–Crippen LogP) is -2.24. The zero-order valence-electron chi connectivity index (χ0n) is 10.1. The third-order valence-electron chi connectivity index (χ3n) is 2.61. The van der Waals surface area contributed by atoms with Crippen LogP contribution in [0.15, 0.2) is 0 Å². The van der Waals surface area contributed by atoms with Crippen molar-refractivity contribution in [2.45, 2.75) is 0 Å². The molecule has 1 rings (SSSR count). The van der Waals surface area contributed by atoms with Gasteiger partial charge in [0.1, 0.15) is 0 Å². The van der Waals surface area contributed by atoms with Crippen LogP contribution in [0.4, 0.5) is 0 Å². The maximum atomic E-state index is 11.6. The van der Waals surface area contributed by atoms with E-state index in [1.165, 1.54) is 9.21 Å². The van der Waals surface area contributed by atoms with E-state index in [-0.39, 0.29) is 32.1 Å². The molecule has 2 N–H and O–H groups in total. The smallest absolute Gasteiger partial charge is 0.317 e. The first-order valence-electron chi connectivity index (χ1n) is 5.46. The van der Waals surface area contributed by atoms with Gasteiger partial charge in [-0.15, -0.1) is 0 Å². The van der Waals surface area contributed by atoms with Crippen molar-refractivity contribution in [3.05, 3.63) is 0 Å². The van der Waals surface area contributed by atoms with E-state index in [1.807, 2.05) is 0 Å². The number of aliphatic carboxylic acids is 1. The number of rotatable bonds is 5. The van der Waals surface area contributed by atoms with Crippen molar-refractivity contribution in [3.8, 4) is 0 Å². The minimum atomic E-state index is -3.20. The molecule has 1 fully saturated rings. The highest BCUT2D eigenvalue weighted by atomic mass is 32.2. The van der Waals surface area contributed by atoms with Gasteiger partial charge in [-0.05, 0) is 0 Å². The van der Waals surface area contributed by atoms with Gasteiger partial charge in [0.15, 0.2) is 0 Å². The van der Waals surface area contributed by atoms with E-state index >= 15 is 0 Å². The van der Waals surface area contributed by atoms with Crippen molar-refractivity contribution >= 4 is 21.9 Å². The van der Waals surface area contributed by atoms with Crippen LogP contribution in [0.5, 0.6) is 0 Å². The molecule has 0 aliphatic carbocycles. The van der Waals surface area contributed by atoms with E-state index in [2.05, 4.69) is 5.32 Å². The number of carboxylic acid groups (broad SMARTS) is 1. The molecular weight excluding hydrogens is 262 g/mol. The average Bonchev–Trinajstić information content (AvgIpc) is 2.27. The number of piperazine rings is 1. The largest absolute Gasteiger partial charge is 0.480 e. The highest BCUT2D eigenvalue weighted by Crippen LogP contribution is 2.05. The molecule has 9 heteroatoms. The Morgan fingerprint density at radius 1 is 1.17 bits per heavy atom. The van der Waals surface area contributed by atoms with Crippen LogP contribution in [0.3, 0.4) is 0 Å². The Labute approximate surface area is 106 Å². The quantitative estimate of drug-likeness (QED) is 0.589. The van der Waals surface area contributed by atoms with Gasteiger partial charge in [-0.25, -0.2) is 8.42 Å². The Morgan fingerprint density at radius 3 is 2.17 bits per heavy atom. The van der Waals surface area contributed by atoms with Gasteiger partial charge in [0.2, 0.25) is 15.9 Å². The second kappa shape index (κ2) is 6.12. The van der Waals surface area contributed by atoms with E-state index in [9.17, 15) is 18.0 Å². The molecule has 104 valence electrons. The van der Waals surface area contributed by atoms with E-state index in [0.717, 1.165) is 6.26 Å². The monoisotopic (exact) mass is 279 g/mol. The molecule has 0 aromatic carbocycles. The highest BCUT2D eigenvalue weighted by molar-refractivity contribution is 7.88. The van der Waals surface area contributed by atoms with Crippen LogP contribution in [0.1, 0.15) is 0 Å². The van der Waals surface area contributed by atoms with Gasteiger partial charge < -0.3 is 10.0 Å². The first kappa shape index (κ1) is 14.9. The van der Waals surface area contributed by atoms with Crippen molar-refractivity contribution < 1.29 is 23.1 Å². The zero-order valence-corrected chi connectivity index (χ0v) is 10.9. The predicted molar refractivity (Wildman–Crippen MR) is 63.5 cm³/mol. The molecule has 1 saturated heterocycles. The standard InChI is InChI=1S/C9H17N3O5S/c1-18(16,17)12-4-2-11(3-5-12)8(13)6-10-7-9(14)15/h10H,2-7H2,1H3,(H,14,15). The van der Waals surface area contributed by atoms with Crippen molar-refractivity contribution in [1.82, 2.24) is 14.5 Å². The van der Waals surface area contributed by atoms with Crippen LogP contribution in [-0.4, -0.2) is 80.1 Å². The summed E-state index contributed by atoms with van der Waals surface area (Å²) in [5.41, 5.74) is 0. The second-order valence-electron chi connectivity index (χ2n) is 4.04. The summed E-state index contributed by atoms with van der Waals surface area (Å²) < 4.78 is 23.8. The van der Waals surface area contributed by atoms with E-state index in [4.69, 9.17) is 5.11 Å². The van der Waals surface area contributed by atoms with Gasteiger partial charge in [-0.3, -0.25) is 14.9 Å². The summed E-state index contributed by atoms with van der Waals surface area (Å²) in [6, 6.07) is 0. The van der Waals surface area contributed by atoms with Crippen LogP contribution in [0.2, 0.25) is 0 Å². The molecule has 0 bridgehead atoms. The summed E-state index contributed by atoms with van der Waals surface area (Å²) in [7, 11) is -3.20. The fourth-order valence-corrected chi connectivity index (χ4v) is 2.48. The lowest BCUT2D eigenvalue weighted by Gasteiger charge is -2.33. The molecule has 0 radical (unpaired) electrons. The number of sulfonamides is 1. The van der Waals surface area contributed by atoms with Gasteiger partial charge >= 0.3 is 5.97 Å². The zero-order chi connectivity index (χ0) is 13.8. The summed E-state index contributed by atoms with van der Waals surface area (Å²) in [5, 5.41) is 10.9. The lowest BCUT2D eigenvalue weighted by Crippen LogP contribution is -2.52. The van der Waals surface area contributed by atoms with Crippen LogP contribution >= 0.6 is 0 Å². The summed E-state index contributed by atoms with van der Waals surface area (Å²) in [4.78, 5) is 23.4. The van der Waals surface area contributed by atoms with Crippen LogP contribution in [0, 0.1) is 0 Å².